The third-order valence-corrected chi connectivity index (χ3v) is 2.94. The number of carbonyl (C=O) groups is 1. The summed E-state index contributed by atoms with van der Waals surface area (Å²) in [5.74, 6) is -2.32. The fraction of sp³-hybridized carbons (Fsp3) is 0.0714. The van der Waals surface area contributed by atoms with Crippen molar-refractivity contribution in [3.8, 4) is 0 Å². The normalized spacial score (nSPS) is 10.3. The predicted molar refractivity (Wildman–Crippen MR) is 73.2 cm³/mol. The van der Waals surface area contributed by atoms with Crippen molar-refractivity contribution in [3.63, 3.8) is 0 Å². The van der Waals surface area contributed by atoms with E-state index in [1.165, 1.54) is 6.07 Å². The molecule has 2 aromatic carbocycles. The van der Waals surface area contributed by atoms with Crippen LogP contribution < -0.4 is 5.32 Å². The number of carbonyl (C=O) groups excluding carboxylic acids is 1. The Labute approximate surface area is 117 Å². The van der Waals surface area contributed by atoms with Gasteiger partial charge in [0.15, 0.2) is 11.6 Å². The van der Waals surface area contributed by atoms with Crippen molar-refractivity contribution >= 4 is 27.5 Å². The number of anilines is 1. The van der Waals surface area contributed by atoms with Crippen LogP contribution in [0.1, 0.15) is 15.9 Å². The Kier molecular flexibility index (Phi) is 3.95. The molecule has 19 heavy (non-hydrogen) atoms. The number of amides is 1. The lowest BCUT2D eigenvalue weighted by Crippen LogP contribution is -2.12. The molecule has 0 aliphatic heterocycles. The van der Waals surface area contributed by atoms with Crippen LogP contribution in [0.15, 0.2) is 40.9 Å². The van der Waals surface area contributed by atoms with E-state index in [9.17, 15) is 13.6 Å². The zero-order valence-corrected chi connectivity index (χ0v) is 11.6. The van der Waals surface area contributed by atoms with Crippen LogP contribution in [0.25, 0.3) is 0 Å². The van der Waals surface area contributed by atoms with Gasteiger partial charge in [-0.1, -0.05) is 15.9 Å². The second kappa shape index (κ2) is 5.48. The highest BCUT2D eigenvalue weighted by atomic mass is 79.9. The van der Waals surface area contributed by atoms with Crippen LogP contribution in [0, 0.1) is 18.6 Å². The summed E-state index contributed by atoms with van der Waals surface area (Å²) in [5, 5.41) is 2.51. The Morgan fingerprint density at radius 1 is 1.11 bits per heavy atom. The first-order chi connectivity index (χ1) is 8.95. The first-order valence-electron chi connectivity index (χ1n) is 5.49. The minimum absolute atomic E-state index is 0.210. The van der Waals surface area contributed by atoms with Crippen molar-refractivity contribution in [3.05, 3.63) is 63.6 Å². The summed E-state index contributed by atoms with van der Waals surface area (Å²) in [6.45, 7) is 1.86. The summed E-state index contributed by atoms with van der Waals surface area (Å²) in [6, 6.07) is 8.45. The number of benzene rings is 2. The standard InChI is InChI=1S/C14H10BrF2NO/c1-8-4-9(6-10(15)5-8)14(19)18-11-2-3-12(16)13(17)7-11/h2-7H,1H3,(H,18,19). The van der Waals surface area contributed by atoms with Gasteiger partial charge in [-0.2, -0.15) is 0 Å². The van der Waals surface area contributed by atoms with E-state index in [2.05, 4.69) is 21.2 Å². The molecule has 0 saturated heterocycles. The fourth-order valence-corrected chi connectivity index (χ4v) is 2.25. The van der Waals surface area contributed by atoms with Crippen LogP contribution in [0.3, 0.4) is 0 Å². The summed E-state index contributed by atoms with van der Waals surface area (Å²) in [6.07, 6.45) is 0. The van der Waals surface area contributed by atoms with E-state index in [4.69, 9.17) is 0 Å². The Morgan fingerprint density at radius 2 is 1.84 bits per heavy atom. The third-order valence-electron chi connectivity index (χ3n) is 2.48. The first kappa shape index (κ1) is 13.7. The minimum atomic E-state index is -0.997. The average Bonchev–Trinajstić information content (AvgIpc) is 2.32. The highest BCUT2D eigenvalue weighted by Crippen LogP contribution is 2.18. The van der Waals surface area contributed by atoms with Crippen molar-refractivity contribution in [1.29, 1.82) is 0 Å². The molecule has 2 nitrogen and oxygen atoms in total. The molecule has 0 aromatic heterocycles. The second-order valence-corrected chi connectivity index (χ2v) is 5.02. The van der Waals surface area contributed by atoms with E-state index >= 15 is 0 Å². The highest BCUT2D eigenvalue weighted by molar-refractivity contribution is 9.10. The van der Waals surface area contributed by atoms with Gasteiger partial charge in [0.1, 0.15) is 0 Å². The number of hydrogen-bond donors (Lipinski definition) is 1. The largest absolute Gasteiger partial charge is 0.322 e. The van der Waals surface area contributed by atoms with Crippen molar-refractivity contribution in [2.75, 3.05) is 5.32 Å². The first-order valence-corrected chi connectivity index (χ1v) is 6.28. The molecule has 2 aromatic rings. The van der Waals surface area contributed by atoms with E-state index in [-0.39, 0.29) is 11.6 Å². The second-order valence-electron chi connectivity index (χ2n) is 4.10. The summed E-state index contributed by atoms with van der Waals surface area (Å²) >= 11 is 3.30. The van der Waals surface area contributed by atoms with Gasteiger partial charge in [0.2, 0.25) is 0 Å². The van der Waals surface area contributed by atoms with Gasteiger partial charge in [0, 0.05) is 21.8 Å². The molecule has 0 aliphatic rings. The van der Waals surface area contributed by atoms with Crippen molar-refractivity contribution < 1.29 is 13.6 Å². The summed E-state index contributed by atoms with van der Waals surface area (Å²) in [5.41, 5.74) is 1.57. The molecular formula is C14H10BrF2NO. The molecule has 0 heterocycles. The van der Waals surface area contributed by atoms with Crippen LogP contribution in [0.2, 0.25) is 0 Å². The van der Waals surface area contributed by atoms with Crippen molar-refractivity contribution in [2.24, 2.45) is 0 Å². The van der Waals surface area contributed by atoms with Gasteiger partial charge in [0.25, 0.3) is 5.91 Å². The molecule has 0 atom stereocenters. The number of nitrogens with one attached hydrogen (secondary N) is 1. The van der Waals surface area contributed by atoms with Crippen LogP contribution in [-0.2, 0) is 0 Å². The van der Waals surface area contributed by atoms with Crippen molar-refractivity contribution in [1.82, 2.24) is 0 Å². The Balaban J connectivity index is 2.22. The SMILES string of the molecule is Cc1cc(Br)cc(C(=O)Nc2ccc(F)c(F)c2)c1. The molecular weight excluding hydrogens is 316 g/mol. The van der Waals surface area contributed by atoms with Crippen LogP contribution in [0.5, 0.6) is 0 Å². The molecule has 5 heteroatoms. The van der Waals surface area contributed by atoms with Crippen molar-refractivity contribution in [2.45, 2.75) is 6.92 Å². The molecule has 0 unspecified atom stereocenters. The number of aryl methyl sites for hydroxylation is 1. The monoisotopic (exact) mass is 325 g/mol. The van der Waals surface area contributed by atoms with Crippen LogP contribution in [0.4, 0.5) is 14.5 Å². The fourth-order valence-electron chi connectivity index (χ4n) is 1.64. The van der Waals surface area contributed by atoms with E-state index in [0.717, 1.165) is 22.2 Å². The van der Waals surface area contributed by atoms with E-state index in [1.807, 2.05) is 13.0 Å². The highest BCUT2D eigenvalue weighted by Gasteiger charge is 2.09. The molecule has 0 aliphatic carbocycles. The Bertz CT molecular complexity index is 623. The lowest BCUT2D eigenvalue weighted by Gasteiger charge is -2.07. The van der Waals surface area contributed by atoms with Gasteiger partial charge in [-0.3, -0.25) is 4.79 Å². The smallest absolute Gasteiger partial charge is 0.255 e. The maximum Gasteiger partial charge on any atom is 0.255 e. The predicted octanol–water partition coefficient (Wildman–Crippen LogP) is 4.29. The van der Waals surface area contributed by atoms with E-state index in [0.29, 0.717) is 5.56 Å². The average molecular weight is 326 g/mol. The molecule has 0 bridgehead atoms. The quantitative estimate of drug-likeness (QED) is 0.876. The van der Waals surface area contributed by atoms with E-state index in [1.54, 1.807) is 12.1 Å². The Morgan fingerprint density at radius 3 is 2.47 bits per heavy atom. The maximum atomic E-state index is 13.0. The van der Waals surface area contributed by atoms with Gasteiger partial charge in [-0.25, -0.2) is 8.78 Å². The zero-order chi connectivity index (χ0) is 14.0. The zero-order valence-electron chi connectivity index (χ0n) is 10.0. The molecule has 98 valence electrons. The van der Waals surface area contributed by atoms with E-state index < -0.39 is 11.6 Å². The summed E-state index contributed by atoms with van der Waals surface area (Å²) in [4.78, 5) is 12.0. The topological polar surface area (TPSA) is 29.1 Å². The number of hydrogen-bond acceptors (Lipinski definition) is 1. The molecule has 1 amide bonds. The molecule has 0 spiro atoms. The van der Waals surface area contributed by atoms with Gasteiger partial charge >= 0.3 is 0 Å². The summed E-state index contributed by atoms with van der Waals surface area (Å²) in [7, 11) is 0. The van der Waals surface area contributed by atoms with Gasteiger partial charge in [-0.05, 0) is 42.8 Å². The lowest BCUT2D eigenvalue weighted by molar-refractivity contribution is 0.102. The molecule has 0 saturated carbocycles. The Hall–Kier alpha value is -1.75. The van der Waals surface area contributed by atoms with Gasteiger partial charge < -0.3 is 5.32 Å². The third kappa shape index (κ3) is 3.38. The maximum absolute atomic E-state index is 13.0. The summed E-state index contributed by atoms with van der Waals surface area (Å²) < 4.78 is 26.6. The lowest BCUT2D eigenvalue weighted by atomic mass is 10.1. The van der Waals surface area contributed by atoms with Gasteiger partial charge in [0.05, 0.1) is 0 Å². The van der Waals surface area contributed by atoms with Crippen LogP contribution in [-0.4, -0.2) is 5.91 Å². The van der Waals surface area contributed by atoms with Crippen LogP contribution >= 0.6 is 15.9 Å². The van der Waals surface area contributed by atoms with Gasteiger partial charge in [-0.15, -0.1) is 0 Å². The minimum Gasteiger partial charge on any atom is -0.322 e. The molecule has 0 fully saturated rings. The number of halogens is 3. The molecule has 0 radical (unpaired) electrons. The molecule has 1 N–H and O–H groups in total. The molecule has 2 rings (SSSR count). The number of rotatable bonds is 2.